The highest BCUT2D eigenvalue weighted by Crippen LogP contribution is 2.39. The molecule has 1 aromatic heterocycles. The van der Waals surface area contributed by atoms with Gasteiger partial charge in [-0.05, 0) is 30.7 Å². The van der Waals surface area contributed by atoms with E-state index >= 15 is 0 Å². The van der Waals surface area contributed by atoms with E-state index in [2.05, 4.69) is 15.3 Å². The lowest BCUT2D eigenvalue weighted by atomic mass is 9.90. The summed E-state index contributed by atoms with van der Waals surface area (Å²) >= 11 is 0. The number of halogens is 2. The van der Waals surface area contributed by atoms with Crippen molar-refractivity contribution in [3.63, 3.8) is 0 Å². The van der Waals surface area contributed by atoms with E-state index in [4.69, 9.17) is 4.74 Å². The first-order valence-electron chi connectivity index (χ1n) is 8.42. The van der Waals surface area contributed by atoms with Gasteiger partial charge in [0.2, 0.25) is 0 Å². The molecule has 1 aliphatic rings. The van der Waals surface area contributed by atoms with Gasteiger partial charge < -0.3 is 10.1 Å². The molecule has 2 aromatic carbocycles. The summed E-state index contributed by atoms with van der Waals surface area (Å²) in [5, 5.41) is 2.57. The highest BCUT2D eigenvalue weighted by Gasteiger charge is 2.28. The monoisotopic (exact) mass is 367 g/mol. The van der Waals surface area contributed by atoms with Crippen molar-refractivity contribution in [2.45, 2.75) is 12.3 Å². The molecule has 136 valence electrons. The lowest BCUT2D eigenvalue weighted by Crippen LogP contribution is -2.21. The maximum atomic E-state index is 13.4. The number of carbonyl (C=O) groups excluding carboxylic acids is 1. The van der Waals surface area contributed by atoms with Crippen molar-refractivity contribution < 1.29 is 18.3 Å². The molecule has 2 heterocycles. The van der Waals surface area contributed by atoms with E-state index in [1.807, 2.05) is 6.07 Å². The number of anilines is 1. The number of aromatic nitrogens is 2. The van der Waals surface area contributed by atoms with Crippen molar-refractivity contribution >= 4 is 11.6 Å². The second-order valence-corrected chi connectivity index (χ2v) is 6.10. The van der Waals surface area contributed by atoms with Crippen molar-refractivity contribution in [3.05, 3.63) is 83.4 Å². The van der Waals surface area contributed by atoms with Gasteiger partial charge in [-0.15, -0.1) is 0 Å². The fraction of sp³-hybridized carbons (Fsp3) is 0.150. The second kappa shape index (κ2) is 7.11. The third-order valence-corrected chi connectivity index (χ3v) is 4.39. The van der Waals surface area contributed by atoms with Gasteiger partial charge in [0.25, 0.3) is 5.91 Å². The zero-order valence-corrected chi connectivity index (χ0v) is 14.2. The number of hydrogen-bond acceptors (Lipinski definition) is 4. The molecule has 3 aromatic rings. The summed E-state index contributed by atoms with van der Waals surface area (Å²) in [7, 11) is 0. The Bertz CT molecular complexity index is 996. The van der Waals surface area contributed by atoms with Crippen molar-refractivity contribution in [3.8, 4) is 5.75 Å². The summed E-state index contributed by atoms with van der Waals surface area (Å²) < 4.78 is 32.2. The zero-order valence-electron chi connectivity index (χ0n) is 14.2. The van der Waals surface area contributed by atoms with Crippen LogP contribution in [0, 0.1) is 11.6 Å². The van der Waals surface area contributed by atoms with Gasteiger partial charge >= 0.3 is 0 Å². The molecular formula is C20H15F2N3O2. The Hall–Kier alpha value is -3.35. The van der Waals surface area contributed by atoms with Gasteiger partial charge in [0.1, 0.15) is 11.6 Å². The molecule has 0 saturated heterocycles. The quantitative estimate of drug-likeness (QED) is 0.762. The van der Waals surface area contributed by atoms with E-state index in [1.165, 1.54) is 6.07 Å². The van der Waals surface area contributed by atoms with Gasteiger partial charge in [0, 0.05) is 29.7 Å². The topological polar surface area (TPSA) is 64.1 Å². The number of rotatable bonds is 3. The third-order valence-electron chi connectivity index (χ3n) is 4.39. The van der Waals surface area contributed by atoms with Crippen molar-refractivity contribution in [1.82, 2.24) is 9.97 Å². The van der Waals surface area contributed by atoms with Gasteiger partial charge in [-0.1, -0.05) is 12.1 Å². The van der Waals surface area contributed by atoms with Gasteiger partial charge in [-0.25, -0.2) is 18.7 Å². The molecule has 7 heteroatoms. The van der Waals surface area contributed by atoms with Crippen LogP contribution in [0.15, 0.2) is 54.9 Å². The van der Waals surface area contributed by atoms with E-state index in [-0.39, 0.29) is 11.6 Å². The number of benzene rings is 2. The summed E-state index contributed by atoms with van der Waals surface area (Å²) in [6.07, 6.45) is 4.06. The Morgan fingerprint density at radius 1 is 1.07 bits per heavy atom. The average molecular weight is 367 g/mol. The van der Waals surface area contributed by atoms with Crippen LogP contribution in [0.4, 0.5) is 14.5 Å². The molecule has 27 heavy (non-hydrogen) atoms. The highest BCUT2D eigenvalue weighted by atomic mass is 19.2. The number of amides is 1. The van der Waals surface area contributed by atoms with E-state index < -0.39 is 17.5 Å². The fourth-order valence-electron chi connectivity index (χ4n) is 3.13. The minimum atomic E-state index is -1.03. The Morgan fingerprint density at radius 2 is 1.89 bits per heavy atom. The standard InChI is InChI=1S/C20H15F2N3O2/c21-16-6-5-12(11-17(16)22)25-20(26)15-4-1-3-13-14(7-10-27-18(13)15)19-23-8-2-9-24-19/h1-6,8-9,11,14H,7,10H2,(H,25,26). The van der Waals surface area contributed by atoms with E-state index in [9.17, 15) is 13.6 Å². The van der Waals surface area contributed by atoms with Crippen LogP contribution in [-0.4, -0.2) is 22.5 Å². The smallest absolute Gasteiger partial charge is 0.259 e. The van der Waals surface area contributed by atoms with Crippen LogP contribution in [0.2, 0.25) is 0 Å². The molecule has 1 amide bonds. The molecule has 0 saturated carbocycles. The Morgan fingerprint density at radius 3 is 2.67 bits per heavy atom. The molecule has 0 bridgehead atoms. The number of nitrogens with zero attached hydrogens (tertiary/aromatic N) is 2. The lowest BCUT2D eigenvalue weighted by molar-refractivity contribution is 0.102. The van der Waals surface area contributed by atoms with E-state index in [0.717, 1.165) is 17.7 Å². The van der Waals surface area contributed by atoms with Crippen molar-refractivity contribution in [2.75, 3.05) is 11.9 Å². The summed E-state index contributed by atoms with van der Waals surface area (Å²) in [6.45, 7) is 0.422. The number of carbonyl (C=O) groups is 1. The normalized spacial score (nSPS) is 15.6. The third kappa shape index (κ3) is 3.36. The van der Waals surface area contributed by atoms with Crippen LogP contribution in [-0.2, 0) is 0 Å². The van der Waals surface area contributed by atoms with Gasteiger partial charge in [-0.2, -0.15) is 0 Å². The molecular weight excluding hydrogens is 352 g/mol. The van der Waals surface area contributed by atoms with Gasteiger partial charge in [-0.3, -0.25) is 4.79 Å². The highest BCUT2D eigenvalue weighted by molar-refractivity contribution is 6.06. The zero-order chi connectivity index (χ0) is 18.8. The lowest BCUT2D eigenvalue weighted by Gasteiger charge is -2.26. The largest absolute Gasteiger partial charge is 0.492 e. The minimum Gasteiger partial charge on any atom is -0.492 e. The summed E-state index contributed by atoms with van der Waals surface area (Å²) in [6, 6.07) is 10.2. The minimum absolute atomic E-state index is 0.0778. The first kappa shape index (κ1) is 17.1. The predicted octanol–water partition coefficient (Wildman–Crippen LogP) is 3.92. The predicted molar refractivity (Wildman–Crippen MR) is 94.7 cm³/mol. The van der Waals surface area contributed by atoms with Crippen molar-refractivity contribution in [2.24, 2.45) is 0 Å². The SMILES string of the molecule is O=C(Nc1ccc(F)c(F)c1)c1cccc2c1OCCC2c1ncccn1. The number of hydrogen-bond donors (Lipinski definition) is 1. The van der Waals surface area contributed by atoms with Crippen LogP contribution in [0.1, 0.15) is 34.1 Å². The molecule has 0 radical (unpaired) electrons. The summed E-state index contributed by atoms with van der Waals surface area (Å²) in [4.78, 5) is 21.3. The molecule has 4 rings (SSSR count). The Labute approximate surface area is 154 Å². The fourth-order valence-corrected chi connectivity index (χ4v) is 3.13. The maximum Gasteiger partial charge on any atom is 0.259 e. The number of ether oxygens (including phenoxy) is 1. The second-order valence-electron chi connectivity index (χ2n) is 6.10. The van der Waals surface area contributed by atoms with Gasteiger partial charge in [0.15, 0.2) is 11.6 Å². The average Bonchev–Trinajstić information content (AvgIpc) is 2.70. The van der Waals surface area contributed by atoms with E-state index in [1.54, 1.807) is 30.6 Å². The van der Waals surface area contributed by atoms with Crippen LogP contribution < -0.4 is 10.1 Å². The molecule has 1 N–H and O–H groups in total. The van der Waals surface area contributed by atoms with E-state index in [0.29, 0.717) is 30.2 Å². The van der Waals surface area contributed by atoms with Crippen LogP contribution in [0.25, 0.3) is 0 Å². The molecule has 1 unspecified atom stereocenters. The molecule has 0 aliphatic carbocycles. The molecule has 5 nitrogen and oxygen atoms in total. The Balaban J connectivity index is 1.66. The summed E-state index contributed by atoms with van der Waals surface area (Å²) in [5.74, 6) is -1.42. The van der Waals surface area contributed by atoms with Crippen LogP contribution in [0.3, 0.4) is 0 Å². The molecule has 0 spiro atoms. The first-order chi connectivity index (χ1) is 13.1. The Kier molecular flexibility index (Phi) is 4.50. The van der Waals surface area contributed by atoms with Crippen LogP contribution >= 0.6 is 0 Å². The maximum absolute atomic E-state index is 13.4. The molecule has 1 atom stereocenters. The molecule has 0 fully saturated rings. The van der Waals surface area contributed by atoms with Gasteiger partial charge in [0.05, 0.1) is 18.1 Å². The van der Waals surface area contributed by atoms with Crippen molar-refractivity contribution in [1.29, 1.82) is 0 Å². The number of nitrogens with one attached hydrogen (secondary N) is 1. The first-order valence-corrected chi connectivity index (χ1v) is 8.42. The molecule has 1 aliphatic heterocycles. The number of fused-ring (bicyclic) bond motifs is 1. The summed E-state index contributed by atoms with van der Waals surface area (Å²) in [5.41, 5.74) is 1.30. The number of para-hydroxylation sites is 1. The van der Waals surface area contributed by atoms with Crippen LogP contribution in [0.5, 0.6) is 5.75 Å².